The molecular formula is C9H13NO. The number of Topliss-reactive ketones (excluding diaryl/α,β-unsaturated/α-hetero) is 1. The molecule has 0 aromatic rings. The van der Waals surface area contributed by atoms with Gasteiger partial charge in [0.2, 0.25) is 0 Å². The molecule has 0 radical (unpaired) electrons. The third-order valence-electron chi connectivity index (χ3n) is 1.53. The van der Waals surface area contributed by atoms with Gasteiger partial charge >= 0.3 is 0 Å². The molecule has 2 nitrogen and oxygen atoms in total. The Morgan fingerprint density at radius 2 is 2.09 bits per heavy atom. The first kappa shape index (κ1) is 9.77. The van der Waals surface area contributed by atoms with Crippen LogP contribution in [0, 0.1) is 12.3 Å². The summed E-state index contributed by atoms with van der Waals surface area (Å²) in [6, 6.07) is 0. The Balaban J connectivity index is 4.60. The van der Waals surface area contributed by atoms with Gasteiger partial charge in [-0.3, -0.25) is 4.79 Å². The number of carbonyl (C=O) groups excluding carboxylic acids is 1. The van der Waals surface area contributed by atoms with E-state index in [0.717, 1.165) is 5.70 Å². The number of ketones is 1. The fraction of sp³-hybridized carbons (Fsp3) is 0.444. The molecule has 0 aromatic heterocycles. The topological polar surface area (TPSA) is 29.1 Å². The Labute approximate surface area is 67.7 Å². The Hall–Kier alpha value is -1.23. The number of terminal acetylenes is 1. The van der Waals surface area contributed by atoms with Crippen LogP contribution in [0.5, 0.6) is 0 Å². The van der Waals surface area contributed by atoms with Crippen LogP contribution in [0.4, 0.5) is 0 Å². The van der Waals surface area contributed by atoms with E-state index in [1.54, 1.807) is 7.05 Å². The van der Waals surface area contributed by atoms with Gasteiger partial charge in [-0.05, 0) is 13.8 Å². The van der Waals surface area contributed by atoms with Gasteiger partial charge in [0, 0.05) is 24.7 Å². The van der Waals surface area contributed by atoms with E-state index in [1.807, 2.05) is 6.92 Å². The monoisotopic (exact) mass is 151 g/mol. The lowest BCUT2D eigenvalue weighted by molar-refractivity contribution is -0.113. The molecule has 0 aromatic carbocycles. The van der Waals surface area contributed by atoms with E-state index < -0.39 is 0 Å². The van der Waals surface area contributed by atoms with Crippen molar-refractivity contribution in [3.63, 3.8) is 0 Å². The van der Waals surface area contributed by atoms with Crippen LogP contribution >= 0.6 is 0 Å². The average Bonchev–Trinajstić information content (AvgIpc) is 1.98. The molecule has 0 saturated carbocycles. The van der Waals surface area contributed by atoms with Crippen LogP contribution in [0.1, 0.15) is 20.3 Å². The first-order valence-electron chi connectivity index (χ1n) is 3.45. The van der Waals surface area contributed by atoms with Crippen LogP contribution < -0.4 is 5.32 Å². The van der Waals surface area contributed by atoms with Gasteiger partial charge < -0.3 is 5.32 Å². The molecule has 0 spiro atoms. The molecule has 0 heterocycles. The molecule has 0 amide bonds. The van der Waals surface area contributed by atoms with Gasteiger partial charge in [-0.2, -0.15) is 0 Å². The highest BCUT2D eigenvalue weighted by Crippen LogP contribution is 2.05. The summed E-state index contributed by atoms with van der Waals surface area (Å²) in [4.78, 5) is 10.9. The van der Waals surface area contributed by atoms with Crippen molar-refractivity contribution in [1.29, 1.82) is 0 Å². The van der Waals surface area contributed by atoms with E-state index in [4.69, 9.17) is 6.42 Å². The van der Waals surface area contributed by atoms with Crippen LogP contribution in [-0.4, -0.2) is 12.8 Å². The van der Waals surface area contributed by atoms with Crippen LogP contribution in [0.15, 0.2) is 11.3 Å². The fourth-order valence-corrected chi connectivity index (χ4v) is 0.774. The summed E-state index contributed by atoms with van der Waals surface area (Å²) in [5, 5.41) is 2.89. The van der Waals surface area contributed by atoms with E-state index in [1.165, 1.54) is 6.92 Å². The molecule has 0 atom stereocenters. The average molecular weight is 151 g/mol. The quantitative estimate of drug-likeness (QED) is 0.483. The summed E-state index contributed by atoms with van der Waals surface area (Å²) in [5.41, 5.74) is 1.55. The molecule has 1 N–H and O–H groups in total. The summed E-state index contributed by atoms with van der Waals surface area (Å²) in [5.74, 6) is 2.48. The van der Waals surface area contributed by atoms with Crippen molar-refractivity contribution in [2.45, 2.75) is 20.3 Å². The second-order valence-corrected chi connectivity index (χ2v) is 2.29. The van der Waals surface area contributed by atoms with Crippen LogP contribution in [0.3, 0.4) is 0 Å². The molecule has 0 aliphatic heterocycles. The molecular weight excluding hydrogens is 138 g/mol. The summed E-state index contributed by atoms with van der Waals surface area (Å²) >= 11 is 0. The smallest absolute Gasteiger partial charge is 0.158 e. The predicted molar refractivity (Wildman–Crippen MR) is 45.9 cm³/mol. The maximum Gasteiger partial charge on any atom is 0.158 e. The zero-order chi connectivity index (χ0) is 8.85. The van der Waals surface area contributed by atoms with Crippen molar-refractivity contribution in [2.24, 2.45) is 0 Å². The molecule has 0 rings (SSSR count). The maximum atomic E-state index is 10.9. The van der Waals surface area contributed by atoms with Gasteiger partial charge in [-0.15, -0.1) is 12.3 Å². The Morgan fingerprint density at radius 3 is 2.36 bits per heavy atom. The Bertz CT molecular complexity index is 220. The fourth-order valence-electron chi connectivity index (χ4n) is 0.774. The summed E-state index contributed by atoms with van der Waals surface area (Å²) < 4.78 is 0. The standard InChI is InChI=1S/C9H13NO/c1-5-6-9(8(3)11)7(2)10-4/h1,10H,6H2,2-4H3/b9-7-. The minimum Gasteiger partial charge on any atom is -0.391 e. The molecule has 60 valence electrons. The lowest BCUT2D eigenvalue weighted by Gasteiger charge is -2.04. The number of rotatable bonds is 3. The maximum absolute atomic E-state index is 10.9. The number of hydrogen-bond donors (Lipinski definition) is 1. The predicted octanol–water partition coefficient (Wildman–Crippen LogP) is 1.09. The van der Waals surface area contributed by atoms with Crippen molar-refractivity contribution >= 4 is 5.78 Å². The molecule has 0 aliphatic rings. The lowest BCUT2D eigenvalue weighted by atomic mass is 10.1. The summed E-state index contributed by atoms with van der Waals surface area (Å²) in [6.07, 6.45) is 5.50. The van der Waals surface area contributed by atoms with Gasteiger partial charge in [0.15, 0.2) is 5.78 Å². The van der Waals surface area contributed by atoms with Gasteiger partial charge in [0.25, 0.3) is 0 Å². The van der Waals surface area contributed by atoms with Crippen molar-refractivity contribution in [3.05, 3.63) is 11.3 Å². The molecule has 11 heavy (non-hydrogen) atoms. The van der Waals surface area contributed by atoms with E-state index >= 15 is 0 Å². The SMILES string of the molecule is C#CC/C(C(C)=O)=C(\C)NC. The number of hydrogen-bond acceptors (Lipinski definition) is 2. The van der Waals surface area contributed by atoms with Gasteiger partial charge in [-0.1, -0.05) is 0 Å². The lowest BCUT2D eigenvalue weighted by Crippen LogP contribution is -2.10. The van der Waals surface area contributed by atoms with Gasteiger partial charge in [0.1, 0.15) is 0 Å². The summed E-state index contributed by atoms with van der Waals surface area (Å²) in [7, 11) is 1.77. The molecule has 0 fully saturated rings. The van der Waals surface area contributed by atoms with Crippen molar-refractivity contribution in [1.82, 2.24) is 5.32 Å². The highest BCUT2D eigenvalue weighted by Gasteiger charge is 2.04. The number of allylic oxidation sites excluding steroid dienone is 2. The number of carbonyl (C=O) groups is 1. The minimum absolute atomic E-state index is 0.0369. The van der Waals surface area contributed by atoms with Crippen LogP contribution in [-0.2, 0) is 4.79 Å². The van der Waals surface area contributed by atoms with E-state index in [-0.39, 0.29) is 5.78 Å². The second-order valence-electron chi connectivity index (χ2n) is 2.29. The summed E-state index contributed by atoms with van der Waals surface area (Å²) in [6.45, 7) is 3.36. The van der Waals surface area contributed by atoms with Crippen LogP contribution in [0.2, 0.25) is 0 Å². The molecule has 0 aliphatic carbocycles. The number of nitrogens with one attached hydrogen (secondary N) is 1. The molecule has 2 heteroatoms. The van der Waals surface area contributed by atoms with Crippen molar-refractivity contribution < 1.29 is 4.79 Å². The highest BCUT2D eigenvalue weighted by molar-refractivity contribution is 5.94. The highest BCUT2D eigenvalue weighted by atomic mass is 16.1. The van der Waals surface area contributed by atoms with Crippen LogP contribution in [0.25, 0.3) is 0 Å². The second kappa shape index (κ2) is 4.56. The van der Waals surface area contributed by atoms with Crippen molar-refractivity contribution in [2.75, 3.05) is 7.05 Å². The van der Waals surface area contributed by atoms with Gasteiger partial charge in [-0.25, -0.2) is 0 Å². The molecule has 0 bridgehead atoms. The zero-order valence-electron chi connectivity index (χ0n) is 7.19. The third-order valence-corrected chi connectivity index (χ3v) is 1.53. The largest absolute Gasteiger partial charge is 0.391 e. The first-order chi connectivity index (χ1) is 5.13. The Kier molecular flexibility index (Phi) is 4.05. The van der Waals surface area contributed by atoms with E-state index in [9.17, 15) is 4.79 Å². The van der Waals surface area contributed by atoms with Crippen molar-refractivity contribution in [3.8, 4) is 12.3 Å². The molecule has 0 unspecified atom stereocenters. The first-order valence-corrected chi connectivity index (χ1v) is 3.45. The minimum atomic E-state index is 0.0369. The third kappa shape index (κ3) is 2.90. The van der Waals surface area contributed by atoms with E-state index in [2.05, 4.69) is 11.2 Å². The Morgan fingerprint density at radius 1 is 1.55 bits per heavy atom. The van der Waals surface area contributed by atoms with Gasteiger partial charge in [0.05, 0.1) is 0 Å². The van der Waals surface area contributed by atoms with E-state index in [0.29, 0.717) is 12.0 Å². The molecule has 0 saturated heterocycles. The zero-order valence-corrected chi connectivity index (χ0v) is 7.19. The normalized spacial score (nSPS) is 11.5.